The second-order valence-electron chi connectivity index (χ2n) is 10.5. The highest BCUT2D eigenvalue weighted by molar-refractivity contribution is 5.51. The molecule has 3 aromatic carbocycles. The molecule has 0 bridgehead atoms. The van der Waals surface area contributed by atoms with Gasteiger partial charge in [-0.25, -0.2) is 4.98 Å². The van der Waals surface area contributed by atoms with E-state index in [4.69, 9.17) is 4.98 Å². The van der Waals surface area contributed by atoms with Crippen molar-refractivity contribution in [1.82, 2.24) is 9.55 Å². The summed E-state index contributed by atoms with van der Waals surface area (Å²) in [6.07, 6.45) is 13.4. The Morgan fingerprint density at radius 3 is 1.89 bits per heavy atom. The first-order valence-corrected chi connectivity index (χ1v) is 13.5. The molecule has 0 aliphatic heterocycles. The molecule has 0 saturated heterocycles. The summed E-state index contributed by atoms with van der Waals surface area (Å²) in [5, 5.41) is 0. The van der Waals surface area contributed by atoms with Crippen molar-refractivity contribution in [3.05, 3.63) is 126 Å². The second kappa shape index (κ2) is 10.2. The van der Waals surface area contributed by atoms with Gasteiger partial charge < -0.3 is 4.57 Å². The van der Waals surface area contributed by atoms with E-state index in [0.717, 1.165) is 24.5 Å². The summed E-state index contributed by atoms with van der Waals surface area (Å²) in [5.74, 6) is 8.90. The molecule has 36 heavy (non-hydrogen) atoms. The van der Waals surface area contributed by atoms with Gasteiger partial charge >= 0.3 is 0 Å². The summed E-state index contributed by atoms with van der Waals surface area (Å²) in [5.41, 5.74) is 4.35. The van der Waals surface area contributed by atoms with Crippen molar-refractivity contribution in [2.75, 3.05) is 0 Å². The van der Waals surface area contributed by atoms with Crippen molar-refractivity contribution in [3.63, 3.8) is 0 Å². The molecule has 0 radical (unpaired) electrons. The molecule has 2 unspecified atom stereocenters. The van der Waals surface area contributed by atoms with E-state index in [-0.39, 0.29) is 0 Å². The van der Waals surface area contributed by atoms with E-state index in [1.807, 2.05) is 6.33 Å². The van der Waals surface area contributed by atoms with E-state index in [0.29, 0.717) is 11.8 Å². The van der Waals surface area contributed by atoms with E-state index >= 15 is 0 Å². The number of rotatable bonds is 7. The molecule has 2 heteroatoms. The first-order valence-electron chi connectivity index (χ1n) is 13.5. The summed E-state index contributed by atoms with van der Waals surface area (Å²) >= 11 is 0. The van der Waals surface area contributed by atoms with Gasteiger partial charge in [0.1, 0.15) is 5.54 Å². The van der Waals surface area contributed by atoms with Gasteiger partial charge in [-0.05, 0) is 35.4 Å². The van der Waals surface area contributed by atoms with E-state index in [9.17, 15) is 0 Å². The van der Waals surface area contributed by atoms with E-state index < -0.39 is 5.54 Å². The molecule has 2 aliphatic carbocycles. The lowest BCUT2D eigenvalue weighted by Gasteiger charge is -2.37. The second-order valence-corrected chi connectivity index (χ2v) is 10.5. The predicted octanol–water partition coefficient (Wildman–Crippen LogP) is 7.80. The largest absolute Gasteiger partial charge is 0.319 e. The highest BCUT2D eigenvalue weighted by Gasteiger charge is 2.42. The van der Waals surface area contributed by atoms with Crippen molar-refractivity contribution in [3.8, 4) is 11.8 Å². The van der Waals surface area contributed by atoms with Crippen LogP contribution in [-0.4, -0.2) is 9.55 Å². The smallest absolute Gasteiger partial charge is 0.121 e. The van der Waals surface area contributed by atoms with Crippen LogP contribution in [0.2, 0.25) is 0 Å². The van der Waals surface area contributed by atoms with Crippen LogP contribution < -0.4 is 0 Å². The SMILES string of the molecule is C(#CC1CC1c1cn(C(c2ccccc2)(c2ccccc2)c2ccccc2)cn1)CCC1CCCC1. The van der Waals surface area contributed by atoms with Crippen molar-refractivity contribution in [1.29, 1.82) is 0 Å². The number of hydrogen-bond donors (Lipinski definition) is 0. The molecule has 1 aromatic heterocycles. The van der Waals surface area contributed by atoms with Crippen molar-refractivity contribution < 1.29 is 0 Å². The van der Waals surface area contributed by atoms with Gasteiger partial charge in [0, 0.05) is 24.5 Å². The van der Waals surface area contributed by atoms with Gasteiger partial charge in [-0.2, -0.15) is 0 Å². The molecule has 0 spiro atoms. The maximum absolute atomic E-state index is 4.96. The van der Waals surface area contributed by atoms with Gasteiger partial charge in [-0.1, -0.05) is 123 Å². The van der Waals surface area contributed by atoms with Crippen LogP contribution in [0.5, 0.6) is 0 Å². The first-order chi connectivity index (χ1) is 17.9. The first kappa shape index (κ1) is 22.9. The van der Waals surface area contributed by atoms with Crippen LogP contribution in [0.15, 0.2) is 104 Å². The summed E-state index contributed by atoms with van der Waals surface area (Å²) in [6, 6.07) is 32.4. The highest BCUT2D eigenvalue weighted by atomic mass is 15.1. The Labute approximate surface area is 215 Å². The summed E-state index contributed by atoms with van der Waals surface area (Å²) in [4.78, 5) is 4.96. The maximum Gasteiger partial charge on any atom is 0.121 e. The Kier molecular flexibility index (Phi) is 6.48. The fourth-order valence-corrected chi connectivity index (χ4v) is 6.16. The van der Waals surface area contributed by atoms with Crippen LogP contribution in [0.3, 0.4) is 0 Å². The molecular weight excluding hydrogens is 436 g/mol. The van der Waals surface area contributed by atoms with Crippen LogP contribution >= 0.6 is 0 Å². The third-order valence-corrected chi connectivity index (χ3v) is 8.17. The highest BCUT2D eigenvalue weighted by Crippen LogP contribution is 2.48. The molecule has 4 aromatic rings. The van der Waals surface area contributed by atoms with Gasteiger partial charge in [0.15, 0.2) is 0 Å². The average Bonchev–Trinajstić information content (AvgIpc) is 3.29. The topological polar surface area (TPSA) is 17.8 Å². The number of aromatic nitrogens is 2. The lowest BCUT2D eigenvalue weighted by atomic mass is 9.77. The zero-order chi connectivity index (χ0) is 24.2. The fourth-order valence-electron chi connectivity index (χ4n) is 6.16. The van der Waals surface area contributed by atoms with Gasteiger partial charge in [-0.3, -0.25) is 0 Å². The Bertz CT molecular complexity index is 1220. The molecule has 180 valence electrons. The van der Waals surface area contributed by atoms with Gasteiger partial charge in [0.05, 0.1) is 12.0 Å². The zero-order valence-corrected chi connectivity index (χ0v) is 20.9. The van der Waals surface area contributed by atoms with E-state index in [1.165, 1.54) is 48.8 Å². The molecule has 2 aliphatic rings. The van der Waals surface area contributed by atoms with Crippen LogP contribution in [0.25, 0.3) is 0 Å². The monoisotopic (exact) mass is 470 g/mol. The molecule has 2 atom stereocenters. The Hall–Kier alpha value is -3.57. The number of imidazole rings is 1. The third-order valence-electron chi connectivity index (χ3n) is 8.17. The molecule has 2 saturated carbocycles. The molecule has 6 rings (SSSR count). The number of benzene rings is 3. The van der Waals surface area contributed by atoms with E-state index in [1.54, 1.807) is 0 Å². The van der Waals surface area contributed by atoms with Crippen LogP contribution in [0.4, 0.5) is 0 Å². The summed E-state index contributed by atoms with van der Waals surface area (Å²) in [6.45, 7) is 0. The third kappa shape index (κ3) is 4.40. The molecule has 1 heterocycles. The number of nitrogens with zero attached hydrogens (tertiary/aromatic N) is 2. The normalized spacial score (nSPS) is 19.6. The molecule has 0 amide bonds. The van der Waals surface area contributed by atoms with Crippen LogP contribution in [0, 0.1) is 23.7 Å². The molecular formula is C34H34N2. The van der Waals surface area contributed by atoms with E-state index in [2.05, 4.69) is 114 Å². The lowest BCUT2D eigenvalue weighted by Crippen LogP contribution is -2.36. The van der Waals surface area contributed by atoms with Gasteiger partial charge in [0.2, 0.25) is 0 Å². The van der Waals surface area contributed by atoms with Crippen LogP contribution in [-0.2, 0) is 5.54 Å². The van der Waals surface area contributed by atoms with Crippen molar-refractivity contribution >= 4 is 0 Å². The van der Waals surface area contributed by atoms with Gasteiger partial charge in [0.25, 0.3) is 0 Å². The van der Waals surface area contributed by atoms with Crippen LogP contribution in [0.1, 0.15) is 73.2 Å². The molecule has 0 N–H and O–H groups in total. The Balaban J connectivity index is 1.33. The standard InChI is InChI=1S/C34H34N2/c1-4-18-29(19-5-1)34(30-20-6-2-7-21-30,31-22-8-3-9-23-31)36-25-33(35-26-36)32-24-28(32)17-13-12-16-27-14-10-11-15-27/h1-9,18-23,25-28,32H,10-12,14-16,24H2. The minimum atomic E-state index is -0.494. The summed E-state index contributed by atoms with van der Waals surface area (Å²) < 4.78 is 2.32. The molecule has 2 nitrogen and oxygen atoms in total. The van der Waals surface area contributed by atoms with Crippen molar-refractivity contribution in [2.24, 2.45) is 11.8 Å². The maximum atomic E-state index is 4.96. The zero-order valence-electron chi connectivity index (χ0n) is 20.9. The Morgan fingerprint density at radius 2 is 1.33 bits per heavy atom. The molecule has 2 fully saturated rings. The minimum Gasteiger partial charge on any atom is -0.319 e. The quantitative estimate of drug-likeness (QED) is 0.199. The average molecular weight is 471 g/mol. The van der Waals surface area contributed by atoms with Gasteiger partial charge in [-0.15, -0.1) is 5.92 Å². The predicted molar refractivity (Wildman–Crippen MR) is 147 cm³/mol. The number of hydrogen-bond acceptors (Lipinski definition) is 1. The fraction of sp³-hybridized carbons (Fsp3) is 0.324. The lowest BCUT2D eigenvalue weighted by molar-refractivity contribution is 0.512. The minimum absolute atomic E-state index is 0.449. The Morgan fingerprint density at radius 1 is 0.778 bits per heavy atom. The summed E-state index contributed by atoms with van der Waals surface area (Å²) in [7, 11) is 0. The van der Waals surface area contributed by atoms with Crippen molar-refractivity contribution in [2.45, 2.75) is 56.4 Å².